The summed E-state index contributed by atoms with van der Waals surface area (Å²) in [4.78, 5) is 10.7. The van der Waals surface area contributed by atoms with Gasteiger partial charge in [-0.2, -0.15) is 0 Å². The van der Waals surface area contributed by atoms with E-state index in [1.165, 1.54) is 0 Å². The van der Waals surface area contributed by atoms with Gasteiger partial charge in [-0.15, -0.1) is 0 Å². The van der Waals surface area contributed by atoms with E-state index in [4.69, 9.17) is 9.52 Å². The number of aliphatic carboxylic acids is 1. The Hall–Kier alpha value is -1.30. The zero-order valence-corrected chi connectivity index (χ0v) is 9.24. The predicted molar refractivity (Wildman–Crippen MR) is 53.4 cm³/mol. The van der Waals surface area contributed by atoms with Gasteiger partial charge in [0.1, 0.15) is 11.5 Å². The number of hydrogen-bond donors (Lipinski definition) is 1. The zero-order chi connectivity index (χ0) is 11.6. The van der Waals surface area contributed by atoms with E-state index in [9.17, 15) is 13.2 Å². The van der Waals surface area contributed by atoms with Crippen LogP contribution in [-0.4, -0.2) is 31.0 Å². The van der Waals surface area contributed by atoms with Crippen LogP contribution in [0.4, 0.5) is 0 Å². The van der Waals surface area contributed by atoms with Crippen molar-refractivity contribution < 1.29 is 22.7 Å². The van der Waals surface area contributed by atoms with E-state index in [1.807, 2.05) is 0 Å². The van der Waals surface area contributed by atoms with Gasteiger partial charge >= 0.3 is 5.97 Å². The van der Waals surface area contributed by atoms with Crippen molar-refractivity contribution in [3.8, 4) is 0 Å². The molecule has 1 atom stereocenters. The van der Waals surface area contributed by atoms with Crippen LogP contribution in [0.2, 0.25) is 0 Å². The summed E-state index contributed by atoms with van der Waals surface area (Å²) in [7, 11) is -3.61. The number of carboxylic acids is 1. The minimum absolute atomic E-state index is 0.137. The standard InChI is InChI=1S/C9H12O5S/c1-6-3-4-7(14-6)5-8(9(10)11)15(2,12)13/h3-4,8H,5H2,1-2H3,(H,10,11). The van der Waals surface area contributed by atoms with Gasteiger partial charge in [-0.1, -0.05) is 0 Å². The molecular formula is C9H12O5S. The van der Waals surface area contributed by atoms with Gasteiger partial charge < -0.3 is 9.52 Å². The second-order valence-corrected chi connectivity index (χ2v) is 5.60. The Kier molecular flexibility index (Phi) is 3.18. The van der Waals surface area contributed by atoms with Gasteiger partial charge in [-0.25, -0.2) is 8.42 Å². The fraction of sp³-hybridized carbons (Fsp3) is 0.444. The molecule has 6 heteroatoms. The average molecular weight is 232 g/mol. The molecule has 1 aromatic heterocycles. The summed E-state index contributed by atoms with van der Waals surface area (Å²) in [6, 6.07) is 3.24. The van der Waals surface area contributed by atoms with E-state index in [1.54, 1.807) is 19.1 Å². The first kappa shape index (κ1) is 11.8. The molecule has 0 spiro atoms. The Labute approximate surface area is 87.6 Å². The third-order valence-electron chi connectivity index (χ3n) is 1.97. The van der Waals surface area contributed by atoms with Gasteiger partial charge in [-0.3, -0.25) is 4.79 Å². The summed E-state index contributed by atoms with van der Waals surface area (Å²) in [5, 5.41) is 7.31. The molecule has 15 heavy (non-hydrogen) atoms. The van der Waals surface area contributed by atoms with Crippen molar-refractivity contribution in [2.75, 3.05) is 6.26 Å². The van der Waals surface area contributed by atoms with Crippen LogP contribution in [0.1, 0.15) is 11.5 Å². The van der Waals surface area contributed by atoms with Crippen LogP contribution in [0.5, 0.6) is 0 Å². The highest BCUT2D eigenvalue weighted by molar-refractivity contribution is 7.92. The third-order valence-corrected chi connectivity index (χ3v) is 3.38. The molecule has 0 aromatic carbocycles. The molecule has 1 unspecified atom stereocenters. The number of hydrogen-bond acceptors (Lipinski definition) is 4. The van der Waals surface area contributed by atoms with Crippen LogP contribution in [0.15, 0.2) is 16.5 Å². The first-order chi connectivity index (χ1) is 6.80. The van der Waals surface area contributed by atoms with Crippen molar-refractivity contribution in [2.45, 2.75) is 18.6 Å². The van der Waals surface area contributed by atoms with Crippen molar-refractivity contribution in [1.82, 2.24) is 0 Å². The maximum absolute atomic E-state index is 11.2. The minimum atomic E-state index is -3.61. The largest absolute Gasteiger partial charge is 0.480 e. The SMILES string of the molecule is Cc1ccc(CC(C(=O)O)S(C)(=O)=O)o1. The Morgan fingerprint density at radius 3 is 2.47 bits per heavy atom. The Morgan fingerprint density at radius 1 is 1.53 bits per heavy atom. The number of furan rings is 1. The highest BCUT2D eigenvalue weighted by Gasteiger charge is 2.29. The van der Waals surface area contributed by atoms with Crippen LogP contribution >= 0.6 is 0 Å². The van der Waals surface area contributed by atoms with Crippen LogP contribution in [0, 0.1) is 6.92 Å². The van der Waals surface area contributed by atoms with Gasteiger partial charge in [0.2, 0.25) is 0 Å². The van der Waals surface area contributed by atoms with E-state index in [0.29, 0.717) is 11.5 Å². The van der Waals surface area contributed by atoms with Crippen LogP contribution in [-0.2, 0) is 21.1 Å². The first-order valence-electron chi connectivity index (χ1n) is 4.27. The molecule has 1 N–H and O–H groups in total. The molecule has 0 radical (unpaired) electrons. The fourth-order valence-corrected chi connectivity index (χ4v) is 2.03. The zero-order valence-electron chi connectivity index (χ0n) is 8.43. The lowest BCUT2D eigenvalue weighted by Gasteiger charge is -2.07. The maximum Gasteiger partial charge on any atom is 0.322 e. The number of carboxylic acid groups (broad SMARTS) is 1. The summed E-state index contributed by atoms with van der Waals surface area (Å²) >= 11 is 0. The Bertz CT molecular complexity index is 457. The molecule has 1 aromatic rings. The number of carbonyl (C=O) groups is 1. The molecule has 0 saturated carbocycles. The lowest BCUT2D eigenvalue weighted by atomic mass is 10.2. The van der Waals surface area contributed by atoms with Crippen molar-refractivity contribution in [3.63, 3.8) is 0 Å². The second kappa shape index (κ2) is 4.06. The monoisotopic (exact) mass is 232 g/mol. The van der Waals surface area contributed by atoms with Gasteiger partial charge in [0.15, 0.2) is 15.1 Å². The summed E-state index contributed by atoms with van der Waals surface area (Å²) in [5.74, 6) is -0.362. The van der Waals surface area contributed by atoms with E-state index in [0.717, 1.165) is 6.26 Å². The highest BCUT2D eigenvalue weighted by Crippen LogP contribution is 2.13. The van der Waals surface area contributed by atoms with Crippen molar-refractivity contribution in [3.05, 3.63) is 23.7 Å². The van der Waals surface area contributed by atoms with Crippen LogP contribution < -0.4 is 0 Å². The Balaban J connectivity index is 2.90. The predicted octanol–water partition coefficient (Wildman–Crippen LogP) is 0.628. The fourth-order valence-electron chi connectivity index (χ4n) is 1.20. The van der Waals surface area contributed by atoms with Crippen LogP contribution in [0.25, 0.3) is 0 Å². The molecular weight excluding hydrogens is 220 g/mol. The summed E-state index contributed by atoms with van der Waals surface area (Å²) in [6.07, 6.45) is 0.767. The van der Waals surface area contributed by atoms with Crippen LogP contribution in [0.3, 0.4) is 0 Å². The quantitative estimate of drug-likeness (QED) is 0.822. The van der Waals surface area contributed by atoms with Crippen molar-refractivity contribution >= 4 is 15.8 Å². The van der Waals surface area contributed by atoms with Gasteiger partial charge in [-0.05, 0) is 19.1 Å². The van der Waals surface area contributed by atoms with Gasteiger partial charge in [0.25, 0.3) is 0 Å². The number of aryl methyl sites for hydroxylation is 1. The van der Waals surface area contributed by atoms with E-state index < -0.39 is 21.1 Å². The number of rotatable bonds is 4. The number of sulfone groups is 1. The normalized spacial score (nSPS) is 13.7. The summed E-state index contributed by atoms with van der Waals surface area (Å²) in [6.45, 7) is 1.71. The molecule has 0 saturated heterocycles. The smallest absolute Gasteiger partial charge is 0.322 e. The van der Waals surface area contributed by atoms with E-state index in [2.05, 4.69) is 0 Å². The first-order valence-corrected chi connectivity index (χ1v) is 6.23. The molecule has 0 fully saturated rings. The maximum atomic E-state index is 11.2. The minimum Gasteiger partial charge on any atom is -0.480 e. The molecule has 1 rings (SSSR count). The highest BCUT2D eigenvalue weighted by atomic mass is 32.2. The molecule has 0 aliphatic carbocycles. The lowest BCUT2D eigenvalue weighted by molar-refractivity contribution is -0.136. The van der Waals surface area contributed by atoms with Gasteiger partial charge in [0, 0.05) is 12.7 Å². The molecule has 84 valence electrons. The van der Waals surface area contributed by atoms with E-state index >= 15 is 0 Å². The van der Waals surface area contributed by atoms with Gasteiger partial charge in [0.05, 0.1) is 0 Å². The molecule has 0 aliphatic rings. The average Bonchev–Trinajstić information content (AvgIpc) is 2.44. The van der Waals surface area contributed by atoms with Crippen molar-refractivity contribution in [1.29, 1.82) is 0 Å². The molecule has 1 heterocycles. The molecule has 0 bridgehead atoms. The van der Waals surface area contributed by atoms with E-state index in [-0.39, 0.29) is 6.42 Å². The Morgan fingerprint density at radius 2 is 2.13 bits per heavy atom. The molecule has 5 nitrogen and oxygen atoms in total. The third kappa shape index (κ3) is 3.09. The molecule has 0 amide bonds. The summed E-state index contributed by atoms with van der Waals surface area (Å²) < 4.78 is 27.5. The topological polar surface area (TPSA) is 84.6 Å². The second-order valence-electron chi connectivity index (χ2n) is 3.37. The summed E-state index contributed by atoms with van der Waals surface area (Å²) in [5.41, 5.74) is 0. The lowest BCUT2D eigenvalue weighted by Crippen LogP contribution is -2.31. The van der Waals surface area contributed by atoms with Crippen molar-refractivity contribution in [2.24, 2.45) is 0 Å². The molecule has 0 aliphatic heterocycles.